The van der Waals surface area contributed by atoms with E-state index < -0.39 is 0 Å². The van der Waals surface area contributed by atoms with Crippen molar-refractivity contribution >= 4 is 37.6 Å². The Labute approximate surface area is 123 Å². The van der Waals surface area contributed by atoms with Gasteiger partial charge < -0.3 is 5.73 Å². The van der Waals surface area contributed by atoms with E-state index in [-0.39, 0.29) is 0 Å². The minimum Gasteiger partial charge on any atom is -0.375 e. The minimum absolute atomic E-state index is 0.546. The van der Waals surface area contributed by atoms with Gasteiger partial charge in [0.1, 0.15) is 0 Å². The summed E-state index contributed by atoms with van der Waals surface area (Å²) in [5.74, 6) is 0. The third kappa shape index (κ3) is 1.75. The van der Waals surface area contributed by atoms with Crippen LogP contribution in [0.25, 0.3) is 32.2 Å². The molecule has 2 aromatic carbocycles. The number of thiazole rings is 1. The largest absolute Gasteiger partial charge is 0.375 e. The lowest BCUT2D eigenvalue weighted by Gasteiger charge is -2.06. The zero-order valence-corrected chi connectivity index (χ0v) is 11.6. The van der Waals surface area contributed by atoms with Gasteiger partial charge in [0.2, 0.25) is 0 Å². The lowest BCUT2D eigenvalue weighted by molar-refractivity contribution is 1.12. The Morgan fingerprint density at radius 2 is 2.14 bits per heavy atom. The number of H-pyrrole nitrogens is 1. The average molecular weight is 291 g/mol. The number of nitrogens with one attached hydrogen (secondary N) is 1. The molecule has 0 bridgehead atoms. The number of benzene rings is 2. The van der Waals surface area contributed by atoms with Crippen LogP contribution in [0.3, 0.4) is 0 Å². The first kappa shape index (κ1) is 11.9. The van der Waals surface area contributed by atoms with E-state index in [1.54, 1.807) is 12.3 Å². The number of rotatable bonds is 1. The topological polar surface area (TPSA) is 91.4 Å². The summed E-state index contributed by atoms with van der Waals surface area (Å²) < 4.78 is 1.01. The van der Waals surface area contributed by atoms with Gasteiger partial charge in [0, 0.05) is 10.9 Å². The molecule has 6 heteroatoms. The molecule has 0 spiro atoms. The van der Waals surface area contributed by atoms with Crippen molar-refractivity contribution in [1.82, 2.24) is 15.2 Å². The molecule has 0 aliphatic carbocycles. The molecule has 0 saturated heterocycles. The minimum atomic E-state index is 0.546. The monoisotopic (exact) mass is 291 g/mol. The fraction of sp³-hybridized carbons (Fsp3) is 0. The van der Waals surface area contributed by atoms with E-state index in [4.69, 9.17) is 5.73 Å². The summed E-state index contributed by atoms with van der Waals surface area (Å²) >= 11 is 1.44. The standard InChI is InChI=1S/C15H9N5S/c16-6-9-2-3-11-10(7-18-20-11)14(9)8-1-4-12-13(5-8)21-15(17)19-12/h1-5,7H,(H2,17,19)(H,18,20). The van der Waals surface area contributed by atoms with Gasteiger partial charge in [-0.1, -0.05) is 17.4 Å². The van der Waals surface area contributed by atoms with Crippen LogP contribution in [0.4, 0.5) is 5.13 Å². The number of anilines is 1. The van der Waals surface area contributed by atoms with E-state index in [9.17, 15) is 5.26 Å². The van der Waals surface area contributed by atoms with Crippen LogP contribution in [0.1, 0.15) is 5.56 Å². The normalized spacial score (nSPS) is 11.0. The number of hydrogen-bond donors (Lipinski definition) is 2. The zero-order valence-electron chi connectivity index (χ0n) is 10.8. The zero-order chi connectivity index (χ0) is 14.4. The Bertz CT molecular complexity index is 1020. The van der Waals surface area contributed by atoms with Gasteiger partial charge in [-0.05, 0) is 29.8 Å². The SMILES string of the molecule is N#Cc1ccc2[nH]ncc2c1-c1ccc2nc(N)sc2c1. The van der Waals surface area contributed by atoms with Gasteiger partial charge in [-0.3, -0.25) is 5.10 Å². The maximum Gasteiger partial charge on any atom is 0.181 e. The highest BCUT2D eigenvalue weighted by Gasteiger charge is 2.12. The van der Waals surface area contributed by atoms with Crippen molar-refractivity contribution in [3.8, 4) is 17.2 Å². The van der Waals surface area contributed by atoms with E-state index in [0.29, 0.717) is 10.7 Å². The van der Waals surface area contributed by atoms with E-state index >= 15 is 0 Å². The summed E-state index contributed by atoms with van der Waals surface area (Å²) in [6.07, 6.45) is 1.75. The van der Waals surface area contributed by atoms with Crippen molar-refractivity contribution in [2.45, 2.75) is 0 Å². The third-order valence-corrected chi connectivity index (χ3v) is 4.29. The fourth-order valence-electron chi connectivity index (χ4n) is 2.52. The Morgan fingerprint density at radius 3 is 3.00 bits per heavy atom. The summed E-state index contributed by atoms with van der Waals surface area (Å²) in [5, 5.41) is 17.9. The lowest BCUT2D eigenvalue weighted by atomic mass is 9.97. The highest BCUT2D eigenvalue weighted by atomic mass is 32.1. The Hall–Kier alpha value is -2.91. The number of hydrogen-bond acceptors (Lipinski definition) is 5. The first-order chi connectivity index (χ1) is 10.3. The van der Waals surface area contributed by atoms with Crippen LogP contribution in [0.15, 0.2) is 36.5 Å². The third-order valence-electron chi connectivity index (χ3n) is 3.44. The van der Waals surface area contributed by atoms with Crippen LogP contribution < -0.4 is 5.73 Å². The highest BCUT2D eigenvalue weighted by Crippen LogP contribution is 2.34. The molecule has 0 radical (unpaired) electrons. The van der Waals surface area contributed by atoms with E-state index in [0.717, 1.165) is 32.2 Å². The molecular formula is C15H9N5S. The second-order valence-electron chi connectivity index (χ2n) is 4.67. The molecule has 0 atom stereocenters. The quantitative estimate of drug-likeness (QED) is 0.563. The summed E-state index contributed by atoms with van der Waals surface area (Å²) in [7, 11) is 0. The number of aromatic amines is 1. The number of fused-ring (bicyclic) bond motifs is 2. The molecule has 100 valence electrons. The second-order valence-corrected chi connectivity index (χ2v) is 5.73. The van der Waals surface area contributed by atoms with Crippen molar-refractivity contribution in [2.24, 2.45) is 0 Å². The second kappa shape index (κ2) is 4.30. The molecule has 5 nitrogen and oxygen atoms in total. The number of nitriles is 1. The number of aromatic nitrogens is 3. The van der Waals surface area contributed by atoms with Crippen LogP contribution in [0, 0.1) is 11.3 Å². The van der Waals surface area contributed by atoms with Crippen molar-refractivity contribution in [3.63, 3.8) is 0 Å². The molecule has 0 saturated carbocycles. The molecule has 21 heavy (non-hydrogen) atoms. The lowest BCUT2D eigenvalue weighted by Crippen LogP contribution is -1.86. The van der Waals surface area contributed by atoms with Crippen molar-refractivity contribution in [2.75, 3.05) is 5.73 Å². The molecule has 2 aromatic heterocycles. The van der Waals surface area contributed by atoms with Gasteiger partial charge in [0.25, 0.3) is 0 Å². The van der Waals surface area contributed by atoms with Gasteiger partial charge in [-0.2, -0.15) is 10.4 Å². The van der Waals surface area contributed by atoms with Crippen molar-refractivity contribution in [3.05, 3.63) is 42.1 Å². The molecule has 2 heterocycles. The molecule has 0 unspecified atom stereocenters. The maximum atomic E-state index is 9.38. The van der Waals surface area contributed by atoms with Crippen molar-refractivity contribution in [1.29, 1.82) is 5.26 Å². The molecule has 0 fully saturated rings. The van der Waals surface area contributed by atoms with E-state index in [1.807, 2.05) is 24.3 Å². The first-order valence-electron chi connectivity index (χ1n) is 6.29. The summed E-state index contributed by atoms with van der Waals surface area (Å²) in [6.45, 7) is 0. The van der Waals surface area contributed by atoms with Crippen LogP contribution in [-0.2, 0) is 0 Å². The number of nitrogens with zero attached hydrogens (tertiary/aromatic N) is 3. The molecule has 0 amide bonds. The van der Waals surface area contributed by atoms with Crippen molar-refractivity contribution < 1.29 is 0 Å². The van der Waals surface area contributed by atoms with Gasteiger partial charge in [-0.25, -0.2) is 4.98 Å². The van der Waals surface area contributed by atoms with E-state index in [1.165, 1.54) is 11.3 Å². The summed E-state index contributed by atoms with van der Waals surface area (Å²) in [6, 6.07) is 11.8. The average Bonchev–Trinajstić information content (AvgIpc) is 3.09. The van der Waals surface area contributed by atoms with Crippen LogP contribution in [-0.4, -0.2) is 15.2 Å². The highest BCUT2D eigenvalue weighted by molar-refractivity contribution is 7.22. The van der Waals surface area contributed by atoms with Gasteiger partial charge in [-0.15, -0.1) is 0 Å². The van der Waals surface area contributed by atoms with Crippen LogP contribution >= 0.6 is 11.3 Å². The Morgan fingerprint density at radius 1 is 1.24 bits per heavy atom. The van der Waals surface area contributed by atoms with Crippen LogP contribution in [0.2, 0.25) is 0 Å². The van der Waals surface area contributed by atoms with Crippen LogP contribution in [0.5, 0.6) is 0 Å². The summed E-state index contributed by atoms with van der Waals surface area (Å²) in [4.78, 5) is 4.26. The van der Waals surface area contributed by atoms with Gasteiger partial charge >= 0.3 is 0 Å². The Balaban J connectivity index is 2.07. The number of nitrogens with two attached hydrogens (primary N) is 1. The summed E-state index contributed by atoms with van der Waals surface area (Å²) in [5.41, 5.74) is 10.0. The first-order valence-corrected chi connectivity index (χ1v) is 7.10. The Kier molecular flexibility index (Phi) is 2.43. The molecule has 0 aliphatic rings. The van der Waals surface area contributed by atoms with Gasteiger partial charge in [0.15, 0.2) is 5.13 Å². The molecule has 4 rings (SSSR count). The molecule has 4 aromatic rings. The maximum absolute atomic E-state index is 9.38. The predicted octanol–water partition coefficient (Wildman–Crippen LogP) is 3.29. The predicted molar refractivity (Wildman–Crippen MR) is 83.8 cm³/mol. The molecule has 0 aliphatic heterocycles. The van der Waals surface area contributed by atoms with E-state index in [2.05, 4.69) is 21.3 Å². The number of nitrogen functional groups attached to an aromatic ring is 1. The molecule has 3 N–H and O–H groups in total. The van der Waals surface area contributed by atoms with Gasteiger partial charge in [0.05, 0.1) is 33.6 Å². The molecular weight excluding hydrogens is 282 g/mol. The smallest absolute Gasteiger partial charge is 0.181 e. The fourth-order valence-corrected chi connectivity index (χ4v) is 3.29.